The highest BCUT2D eigenvalue weighted by molar-refractivity contribution is 5.72. The van der Waals surface area contributed by atoms with Crippen LogP contribution in [0.5, 0.6) is 11.5 Å². The van der Waals surface area contributed by atoms with Crippen LogP contribution in [0.4, 0.5) is 0 Å². The van der Waals surface area contributed by atoms with Crippen molar-refractivity contribution in [3.63, 3.8) is 0 Å². The molecule has 0 aliphatic heterocycles. The zero-order chi connectivity index (χ0) is 27.2. The summed E-state index contributed by atoms with van der Waals surface area (Å²) in [7, 11) is 0. The fraction of sp³-hybridized carbons (Fsp3) is 0.167. The lowest BCUT2D eigenvalue weighted by molar-refractivity contribution is 0.479. The van der Waals surface area contributed by atoms with E-state index in [2.05, 4.69) is 90.6 Å². The predicted octanol–water partition coefficient (Wildman–Crippen LogP) is 8.54. The number of pyridine rings is 1. The highest BCUT2D eigenvalue weighted by Gasteiger charge is 2.52. The molecule has 0 unspecified atom stereocenters. The molecular formula is C36H31N3O. The van der Waals surface area contributed by atoms with Crippen molar-refractivity contribution in [2.24, 2.45) is 0 Å². The molecule has 2 heterocycles. The monoisotopic (exact) mass is 521 g/mol. The SMILES string of the molecule is CC1(C)C2=CCCC=C2[C@](c2cccc(Oc3cccc(-c4ncc[nH]4)c3)c2)(c2ccccn2)c2ccccc21. The van der Waals surface area contributed by atoms with Gasteiger partial charge in [-0.15, -0.1) is 0 Å². The summed E-state index contributed by atoms with van der Waals surface area (Å²) in [5.41, 5.74) is 7.82. The molecule has 4 nitrogen and oxygen atoms in total. The fourth-order valence-corrected chi connectivity index (χ4v) is 6.65. The van der Waals surface area contributed by atoms with Gasteiger partial charge in [0.25, 0.3) is 0 Å². The largest absolute Gasteiger partial charge is 0.457 e. The Morgan fingerprint density at radius 1 is 0.700 bits per heavy atom. The Hall–Kier alpha value is -4.70. The van der Waals surface area contributed by atoms with Crippen LogP contribution in [0.3, 0.4) is 0 Å². The van der Waals surface area contributed by atoms with Gasteiger partial charge in [-0.2, -0.15) is 0 Å². The number of H-pyrrole nitrogens is 1. The summed E-state index contributed by atoms with van der Waals surface area (Å²) in [5, 5.41) is 0. The van der Waals surface area contributed by atoms with E-state index < -0.39 is 5.41 Å². The second-order valence-corrected chi connectivity index (χ2v) is 11.0. The maximum Gasteiger partial charge on any atom is 0.137 e. The molecule has 0 fully saturated rings. The van der Waals surface area contributed by atoms with Crippen LogP contribution in [0.25, 0.3) is 11.4 Å². The maximum atomic E-state index is 6.50. The summed E-state index contributed by atoms with van der Waals surface area (Å²) >= 11 is 0. The average molecular weight is 522 g/mol. The predicted molar refractivity (Wildman–Crippen MR) is 160 cm³/mol. The molecule has 2 aromatic heterocycles. The number of nitrogens with zero attached hydrogens (tertiary/aromatic N) is 2. The zero-order valence-electron chi connectivity index (χ0n) is 22.8. The molecule has 196 valence electrons. The number of benzene rings is 3. The number of aromatic nitrogens is 3. The van der Waals surface area contributed by atoms with Gasteiger partial charge >= 0.3 is 0 Å². The van der Waals surface area contributed by atoms with Crippen molar-refractivity contribution < 1.29 is 4.74 Å². The quantitative estimate of drug-likeness (QED) is 0.252. The van der Waals surface area contributed by atoms with E-state index in [1.165, 1.54) is 22.3 Å². The Morgan fingerprint density at radius 3 is 2.23 bits per heavy atom. The van der Waals surface area contributed by atoms with Crippen molar-refractivity contribution in [3.05, 3.63) is 155 Å². The normalized spacial score (nSPS) is 19.1. The van der Waals surface area contributed by atoms with Crippen LogP contribution < -0.4 is 4.74 Å². The average Bonchev–Trinajstić information content (AvgIpc) is 3.54. The van der Waals surface area contributed by atoms with Gasteiger partial charge in [0.1, 0.15) is 17.3 Å². The first-order valence-corrected chi connectivity index (χ1v) is 13.9. The van der Waals surface area contributed by atoms with E-state index in [1.807, 2.05) is 48.8 Å². The second-order valence-electron chi connectivity index (χ2n) is 11.0. The zero-order valence-corrected chi connectivity index (χ0v) is 22.8. The number of nitrogens with one attached hydrogen (secondary N) is 1. The van der Waals surface area contributed by atoms with Gasteiger partial charge in [-0.25, -0.2) is 4.98 Å². The molecule has 2 aliphatic carbocycles. The van der Waals surface area contributed by atoms with E-state index in [0.29, 0.717) is 0 Å². The molecule has 0 saturated carbocycles. The number of hydrogen-bond donors (Lipinski definition) is 1. The number of aromatic amines is 1. The second kappa shape index (κ2) is 9.49. The number of hydrogen-bond acceptors (Lipinski definition) is 3. The van der Waals surface area contributed by atoms with Crippen molar-refractivity contribution in [1.82, 2.24) is 15.0 Å². The summed E-state index contributed by atoms with van der Waals surface area (Å²) in [4.78, 5) is 12.6. The molecule has 1 N–H and O–H groups in total. The highest BCUT2D eigenvalue weighted by atomic mass is 16.5. The highest BCUT2D eigenvalue weighted by Crippen LogP contribution is 2.58. The van der Waals surface area contributed by atoms with Crippen molar-refractivity contribution >= 4 is 0 Å². The summed E-state index contributed by atoms with van der Waals surface area (Å²) < 4.78 is 6.50. The number of rotatable bonds is 5. The first kappa shape index (κ1) is 24.3. The first-order valence-electron chi connectivity index (χ1n) is 13.9. The van der Waals surface area contributed by atoms with Crippen molar-refractivity contribution in [2.75, 3.05) is 0 Å². The lowest BCUT2D eigenvalue weighted by Crippen LogP contribution is -2.44. The smallest absolute Gasteiger partial charge is 0.137 e. The molecule has 3 aromatic carbocycles. The molecule has 40 heavy (non-hydrogen) atoms. The van der Waals surface area contributed by atoms with E-state index in [0.717, 1.165) is 47.0 Å². The third kappa shape index (κ3) is 3.75. The molecule has 7 rings (SSSR count). The molecule has 0 spiro atoms. The van der Waals surface area contributed by atoms with Gasteiger partial charge < -0.3 is 9.72 Å². The topological polar surface area (TPSA) is 50.8 Å². The van der Waals surface area contributed by atoms with Gasteiger partial charge in [0, 0.05) is 29.6 Å². The van der Waals surface area contributed by atoms with E-state index in [-0.39, 0.29) is 5.41 Å². The Balaban J connectivity index is 1.43. The molecule has 0 amide bonds. The third-order valence-electron chi connectivity index (χ3n) is 8.39. The van der Waals surface area contributed by atoms with Crippen molar-refractivity contribution in [2.45, 2.75) is 37.5 Å². The van der Waals surface area contributed by atoms with E-state index in [4.69, 9.17) is 9.72 Å². The minimum atomic E-state index is -0.561. The van der Waals surface area contributed by atoms with Crippen LogP contribution >= 0.6 is 0 Å². The maximum absolute atomic E-state index is 6.50. The summed E-state index contributed by atoms with van der Waals surface area (Å²) in [6, 6.07) is 31.7. The molecule has 1 atom stereocenters. The lowest BCUT2D eigenvalue weighted by Gasteiger charge is -2.50. The van der Waals surface area contributed by atoms with E-state index in [1.54, 1.807) is 6.20 Å². The Kier molecular flexibility index (Phi) is 5.78. The molecule has 0 radical (unpaired) electrons. The first-order chi connectivity index (χ1) is 19.6. The summed E-state index contributed by atoms with van der Waals surface area (Å²) in [6.07, 6.45) is 12.5. The van der Waals surface area contributed by atoms with Gasteiger partial charge in [-0.1, -0.05) is 80.6 Å². The number of allylic oxidation sites excluding steroid dienone is 4. The van der Waals surface area contributed by atoms with Crippen LogP contribution in [0.1, 0.15) is 49.1 Å². The lowest BCUT2D eigenvalue weighted by atomic mass is 9.52. The van der Waals surface area contributed by atoms with Gasteiger partial charge in [0.2, 0.25) is 0 Å². The Labute approximate surface area is 235 Å². The van der Waals surface area contributed by atoms with Crippen LogP contribution in [-0.4, -0.2) is 15.0 Å². The number of ether oxygens (including phenoxy) is 1. The fourth-order valence-electron chi connectivity index (χ4n) is 6.65. The van der Waals surface area contributed by atoms with Crippen LogP contribution in [0.15, 0.2) is 133 Å². The minimum Gasteiger partial charge on any atom is -0.457 e. The van der Waals surface area contributed by atoms with Gasteiger partial charge in [-0.05, 0) is 77.1 Å². The van der Waals surface area contributed by atoms with Crippen LogP contribution in [-0.2, 0) is 10.8 Å². The minimum absolute atomic E-state index is 0.110. The Bertz CT molecular complexity index is 1750. The van der Waals surface area contributed by atoms with Crippen molar-refractivity contribution in [3.8, 4) is 22.9 Å². The summed E-state index contributed by atoms with van der Waals surface area (Å²) in [6.45, 7) is 4.70. The molecule has 5 aromatic rings. The molecule has 0 saturated heterocycles. The molecule has 0 bridgehead atoms. The van der Waals surface area contributed by atoms with E-state index in [9.17, 15) is 0 Å². The van der Waals surface area contributed by atoms with Crippen LogP contribution in [0.2, 0.25) is 0 Å². The standard InChI is InChI=1S/C36H31N3O/c1-35(2)29-15-3-5-17-31(29)36(33-19-7-8-20-37-33,32-18-6-4-16-30(32)35)26-12-10-14-28(24-26)40-27-13-9-11-25(23-27)34-38-21-22-39-34/h3,5,7-24H,4,6H2,1-2H3,(H,38,39)/t36-/m1/s1. The number of fused-ring (bicyclic) bond motifs is 2. The van der Waals surface area contributed by atoms with E-state index >= 15 is 0 Å². The number of imidazole rings is 1. The van der Waals surface area contributed by atoms with Gasteiger partial charge in [0.05, 0.1) is 11.1 Å². The molecular weight excluding hydrogens is 490 g/mol. The molecule has 4 heteroatoms. The van der Waals surface area contributed by atoms with Crippen LogP contribution in [0, 0.1) is 0 Å². The molecule has 2 aliphatic rings. The van der Waals surface area contributed by atoms with Crippen molar-refractivity contribution in [1.29, 1.82) is 0 Å². The van der Waals surface area contributed by atoms with Gasteiger partial charge in [0.15, 0.2) is 0 Å². The van der Waals surface area contributed by atoms with Gasteiger partial charge in [-0.3, -0.25) is 4.98 Å². The third-order valence-corrected chi connectivity index (χ3v) is 8.39. The Morgan fingerprint density at radius 2 is 1.45 bits per heavy atom. The summed E-state index contributed by atoms with van der Waals surface area (Å²) in [5.74, 6) is 2.37.